The standard InChI is InChI=1S/C12H21NO9S2/c1-2-3-4-5-8(13-22-24(18,19)20)23-12-11(17)10(16)9(15)7(6-14)21-12/h2,7,9-12,14-17H,1,3-6H2,(H,18,19,20)/b13-8+/t7-,9-,10+,11+,12+/m1/s1. The molecule has 0 aromatic rings. The molecule has 0 spiro atoms. The molecule has 0 saturated carbocycles. The summed E-state index contributed by atoms with van der Waals surface area (Å²) in [5.74, 6) is 0. The van der Waals surface area contributed by atoms with Gasteiger partial charge in [0.25, 0.3) is 0 Å². The molecule has 140 valence electrons. The van der Waals surface area contributed by atoms with Crippen molar-refractivity contribution in [2.75, 3.05) is 6.61 Å². The first-order valence-electron chi connectivity index (χ1n) is 7.00. The summed E-state index contributed by atoms with van der Waals surface area (Å²) in [5, 5.41) is 41.9. The van der Waals surface area contributed by atoms with E-state index in [1.54, 1.807) is 6.08 Å². The van der Waals surface area contributed by atoms with E-state index in [9.17, 15) is 23.7 Å². The van der Waals surface area contributed by atoms with Crippen molar-refractivity contribution in [2.24, 2.45) is 5.16 Å². The van der Waals surface area contributed by atoms with Crippen LogP contribution in [0.5, 0.6) is 0 Å². The molecule has 0 aliphatic carbocycles. The fourth-order valence-electron chi connectivity index (χ4n) is 1.91. The molecular weight excluding hydrogens is 366 g/mol. The highest BCUT2D eigenvalue weighted by molar-refractivity contribution is 8.14. The third-order valence-corrected chi connectivity index (χ3v) is 4.57. The second-order valence-electron chi connectivity index (χ2n) is 4.98. The maximum absolute atomic E-state index is 10.6. The number of unbranched alkanes of at least 4 members (excludes halogenated alkanes) is 1. The highest BCUT2D eigenvalue weighted by atomic mass is 32.3. The summed E-state index contributed by atoms with van der Waals surface area (Å²) in [6, 6.07) is 0. The second-order valence-corrected chi connectivity index (χ2v) is 7.16. The molecule has 0 bridgehead atoms. The Kier molecular flexibility index (Phi) is 8.59. The number of hydrogen-bond donors (Lipinski definition) is 5. The number of nitrogens with zero attached hydrogens (tertiary/aromatic N) is 1. The molecule has 0 radical (unpaired) electrons. The Morgan fingerprint density at radius 3 is 2.50 bits per heavy atom. The maximum Gasteiger partial charge on any atom is 0.466 e. The first kappa shape index (κ1) is 21.3. The second kappa shape index (κ2) is 9.68. The topological polar surface area (TPSA) is 166 Å². The minimum Gasteiger partial charge on any atom is -0.394 e. The SMILES string of the molecule is C=CCCC/C(=N\OS(=O)(=O)O)S[C@@H]1O[C@H](CO)[C@@H](O)[C@H](O)[C@@H]1O. The maximum atomic E-state index is 10.6. The molecule has 5 N–H and O–H groups in total. The average Bonchev–Trinajstić information content (AvgIpc) is 2.52. The molecule has 1 aliphatic heterocycles. The molecule has 10 nitrogen and oxygen atoms in total. The predicted octanol–water partition coefficient (Wildman–Crippen LogP) is -0.991. The van der Waals surface area contributed by atoms with Crippen molar-refractivity contribution in [3.63, 3.8) is 0 Å². The number of aliphatic hydroxyl groups is 4. The Morgan fingerprint density at radius 1 is 1.29 bits per heavy atom. The molecule has 0 amide bonds. The van der Waals surface area contributed by atoms with E-state index in [0.29, 0.717) is 12.8 Å². The van der Waals surface area contributed by atoms with Gasteiger partial charge in [0.05, 0.1) is 6.61 Å². The van der Waals surface area contributed by atoms with Crippen LogP contribution >= 0.6 is 11.8 Å². The quantitative estimate of drug-likeness (QED) is 0.0871. The van der Waals surface area contributed by atoms with Crippen LogP contribution in [0.2, 0.25) is 0 Å². The van der Waals surface area contributed by atoms with E-state index in [1.165, 1.54) is 0 Å². The van der Waals surface area contributed by atoms with Gasteiger partial charge in [0.1, 0.15) is 34.9 Å². The lowest BCUT2D eigenvalue weighted by atomic mass is 10.0. The van der Waals surface area contributed by atoms with E-state index in [4.69, 9.17) is 14.4 Å². The van der Waals surface area contributed by atoms with E-state index in [2.05, 4.69) is 16.0 Å². The summed E-state index contributed by atoms with van der Waals surface area (Å²) >= 11 is 0.750. The van der Waals surface area contributed by atoms with Gasteiger partial charge in [0, 0.05) is 0 Å². The molecule has 1 aliphatic rings. The summed E-state index contributed by atoms with van der Waals surface area (Å²) in [6.45, 7) is 2.95. The van der Waals surface area contributed by atoms with Crippen molar-refractivity contribution < 1.29 is 42.4 Å². The van der Waals surface area contributed by atoms with Crippen molar-refractivity contribution >= 4 is 27.2 Å². The molecule has 0 aromatic heterocycles. The minimum absolute atomic E-state index is 0.0683. The fourth-order valence-corrected chi connectivity index (χ4v) is 3.25. The van der Waals surface area contributed by atoms with Gasteiger partial charge in [-0.1, -0.05) is 23.0 Å². The molecule has 5 atom stereocenters. The minimum atomic E-state index is -4.79. The lowest BCUT2D eigenvalue weighted by Gasteiger charge is -2.39. The van der Waals surface area contributed by atoms with Gasteiger partial charge >= 0.3 is 10.4 Å². The van der Waals surface area contributed by atoms with Crippen molar-refractivity contribution in [2.45, 2.75) is 49.1 Å². The largest absolute Gasteiger partial charge is 0.466 e. The first-order valence-corrected chi connectivity index (χ1v) is 9.25. The van der Waals surface area contributed by atoms with Crippen molar-refractivity contribution in [3.05, 3.63) is 12.7 Å². The van der Waals surface area contributed by atoms with Crippen molar-refractivity contribution in [1.82, 2.24) is 0 Å². The average molecular weight is 387 g/mol. The van der Waals surface area contributed by atoms with Crippen LogP contribution in [0.1, 0.15) is 19.3 Å². The van der Waals surface area contributed by atoms with Gasteiger partial charge in [-0.05, 0) is 19.3 Å². The molecule has 24 heavy (non-hydrogen) atoms. The first-order chi connectivity index (χ1) is 11.2. The third-order valence-electron chi connectivity index (χ3n) is 3.13. The summed E-state index contributed by atoms with van der Waals surface area (Å²) in [6.07, 6.45) is -2.69. The Balaban J connectivity index is 2.84. The predicted molar refractivity (Wildman–Crippen MR) is 85.5 cm³/mol. The third kappa shape index (κ3) is 6.64. The zero-order valence-corrected chi connectivity index (χ0v) is 14.3. The zero-order chi connectivity index (χ0) is 18.3. The van der Waals surface area contributed by atoms with Gasteiger partial charge < -0.3 is 25.2 Å². The fraction of sp³-hybridized carbons (Fsp3) is 0.750. The van der Waals surface area contributed by atoms with Gasteiger partial charge in [-0.15, -0.1) is 6.58 Å². The number of hydrogen-bond acceptors (Lipinski definition) is 10. The van der Waals surface area contributed by atoms with Gasteiger partial charge in [0.2, 0.25) is 0 Å². The number of thioether (sulfide) groups is 1. The Bertz CT molecular complexity index is 537. The van der Waals surface area contributed by atoms with Crippen LogP contribution < -0.4 is 0 Å². The van der Waals surface area contributed by atoms with E-state index in [0.717, 1.165) is 11.8 Å². The highest BCUT2D eigenvalue weighted by Gasteiger charge is 2.44. The van der Waals surface area contributed by atoms with Crippen LogP contribution in [0.15, 0.2) is 17.8 Å². The summed E-state index contributed by atoms with van der Waals surface area (Å²) in [7, 11) is -4.79. The monoisotopic (exact) mass is 387 g/mol. The van der Waals surface area contributed by atoms with E-state index < -0.39 is 46.9 Å². The molecule has 0 unspecified atom stereocenters. The molecular formula is C12H21NO9S2. The molecule has 12 heteroatoms. The van der Waals surface area contributed by atoms with Crippen LogP contribution in [0.4, 0.5) is 0 Å². The number of rotatable bonds is 8. The smallest absolute Gasteiger partial charge is 0.394 e. The summed E-state index contributed by atoms with van der Waals surface area (Å²) in [5.41, 5.74) is -1.13. The van der Waals surface area contributed by atoms with Crippen LogP contribution in [-0.2, 0) is 19.4 Å². The Morgan fingerprint density at radius 2 is 1.96 bits per heavy atom. The Hall–Kier alpha value is -0.730. The normalized spacial score (nSPS) is 31.7. The van der Waals surface area contributed by atoms with E-state index >= 15 is 0 Å². The van der Waals surface area contributed by atoms with Crippen LogP contribution in [0.25, 0.3) is 0 Å². The van der Waals surface area contributed by atoms with E-state index in [1.807, 2.05) is 0 Å². The van der Waals surface area contributed by atoms with Crippen molar-refractivity contribution in [3.8, 4) is 0 Å². The number of oxime groups is 1. The summed E-state index contributed by atoms with van der Waals surface area (Å²) in [4.78, 5) is 0. The number of allylic oxidation sites excluding steroid dienone is 1. The zero-order valence-electron chi connectivity index (χ0n) is 12.6. The molecule has 1 fully saturated rings. The molecule has 0 aromatic carbocycles. The Labute approximate surface area is 143 Å². The van der Waals surface area contributed by atoms with Gasteiger partial charge in [-0.25, -0.2) is 4.28 Å². The van der Waals surface area contributed by atoms with Gasteiger partial charge in [0.15, 0.2) is 0 Å². The van der Waals surface area contributed by atoms with Crippen LogP contribution in [0.3, 0.4) is 0 Å². The van der Waals surface area contributed by atoms with Gasteiger partial charge in [-0.2, -0.15) is 8.42 Å². The number of ether oxygens (including phenoxy) is 1. The number of aliphatic hydroxyl groups excluding tert-OH is 4. The summed E-state index contributed by atoms with van der Waals surface area (Å²) < 4.78 is 39.1. The van der Waals surface area contributed by atoms with E-state index in [-0.39, 0.29) is 11.5 Å². The highest BCUT2D eigenvalue weighted by Crippen LogP contribution is 2.30. The van der Waals surface area contributed by atoms with Crippen molar-refractivity contribution in [1.29, 1.82) is 0 Å². The van der Waals surface area contributed by atoms with Crippen LogP contribution in [0, 0.1) is 0 Å². The van der Waals surface area contributed by atoms with Crippen LogP contribution in [-0.4, -0.2) is 74.9 Å². The lowest BCUT2D eigenvalue weighted by Crippen LogP contribution is -2.57. The molecule has 1 rings (SSSR count). The lowest BCUT2D eigenvalue weighted by molar-refractivity contribution is -0.205. The molecule has 1 saturated heterocycles. The van der Waals surface area contributed by atoms with Gasteiger partial charge in [-0.3, -0.25) is 4.55 Å². The molecule has 1 heterocycles.